The molecule has 2 rings (SSSR count). The van der Waals surface area contributed by atoms with Gasteiger partial charge in [0, 0.05) is 18.9 Å². The summed E-state index contributed by atoms with van der Waals surface area (Å²) < 4.78 is 0. The molecule has 2 N–H and O–H groups in total. The topological polar surface area (TPSA) is 75.1 Å². The van der Waals surface area contributed by atoms with Gasteiger partial charge in [0.05, 0.1) is 5.56 Å². The minimum absolute atomic E-state index is 0.0795. The summed E-state index contributed by atoms with van der Waals surface area (Å²) in [6, 6.07) is 8.11. The maximum Gasteiger partial charge on any atom is 0.338 e. The molecule has 1 aromatic heterocycles. The summed E-state index contributed by atoms with van der Waals surface area (Å²) >= 11 is 0. The van der Waals surface area contributed by atoms with Crippen molar-refractivity contribution in [3.05, 3.63) is 53.3 Å². The van der Waals surface area contributed by atoms with Crippen LogP contribution in [0.5, 0.6) is 0 Å². The predicted octanol–water partition coefficient (Wildman–Crippen LogP) is 2.10. The first-order valence-electron chi connectivity index (χ1n) is 5.50. The summed E-state index contributed by atoms with van der Waals surface area (Å²) in [4.78, 5) is 18.5. The van der Waals surface area contributed by atoms with E-state index in [1.165, 1.54) is 18.0 Å². The second-order valence-electron chi connectivity index (χ2n) is 3.94. The number of benzene rings is 1. The molecule has 0 amide bonds. The molecule has 2 aromatic rings. The van der Waals surface area contributed by atoms with E-state index < -0.39 is 5.97 Å². The lowest BCUT2D eigenvalue weighted by molar-refractivity contribution is 0.0696. The van der Waals surface area contributed by atoms with E-state index >= 15 is 0 Å². The Bertz CT molecular complexity index is 535. The van der Waals surface area contributed by atoms with Crippen LogP contribution in [0.15, 0.2) is 36.7 Å². The van der Waals surface area contributed by atoms with Gasteiger partial charge in [0.1, 0.15) is 0 Å². The SMILES string of the molecule is Cc1ccc(CNc2ncc(C(=O)O)cn2)cc1. The largest absolute Gasteiger partial charge is 0.478 e. The highest BCUT2D eigenvalue weighted by Crippen LogP contribution is 2.06. The maximum atomic E-state index is 10.6. The zero-order chi connectivity index (χ0) is 13.0. The van der Waals surface area contributed by atoms with Crippen LogP contribution in [-0.2, 0) is 6.54 Å². The van der Waals surface area contributed by atoms with Crippen molar-refractivity contribution in [1.82, 2.24) is 9.97 Å². The van der Waals surface area contributed by atoms with Crippen LogP contribution < -0.4 is 5.32 Å². The third kappa shape index (κ3) is 3.04. The molecule has 0 bridgehead atoms. The lowest BCUT2D eigenvalue weighted by Gasteiger charge is -2.05. The zero-order valence-corrected chi connectivity index (χ0v) is 9.92. The number of nitrogens with zero attached hydrogens (tertiary/aromatic N) is 2. The Balaban J connectivity index is 1.97. The summed E-state index contributed by atoms with van der Waals surface area (Å²) in [5.74, 6) is -0.611. The molecule has 0 aliphatic carbocycles. The average Bonchev–Trinajstić information content (AvgIpc) is 2.38. The summed E-state index contributed by atoms with van der Waals surface area (Å²) in [5, 5.41) is 11.7. The van der Waals surface area contributed by atoms with Crippen molar-refractivity contribution < 1.29 is 9.90 Å². The first kappa shape index (κ1) is 12.0. The number of hydrogen-bond donors (Lipinski definition) is 2. The van der Waals surface area contributed by atoms with Gasteiger partial charge >= 0.3 is 5.97 Å². The third-order valence-electron chi connectivity index (χ3n) is 2.47. The van der Waals surface area contributed by atoms with Crippen molar-refractivity contribution in [1.29, 1.82) is 0 Å². The van der Waals surface area contributed by atoms with Crippen LogP contribution in [0.4, 0.5) is 5.95 Å². The molecule has 5 heteroatoms. The van der Waals surface area contributed by atoms with Gasteiger partial charge in [-0.25, -0.2) is 14.8 Å². The predicted molar refractivity (Wildman–Crippen MR) is 67.5 cm³/mol. The Morgan fingerprint density at radius 3 is 2.39 bits per heavy atom. The second-order valence-corrected chi connectivity index (χ2v) is 3.94. The van der Waals surface area contributed by atoms with Gasteiger partial charge in [-0.3, -0.25) is 0 Å². The summed E-state index contributed by atoms with van der Waals surface area (Å²) in [6.45, 7) is 2.64. The highest BCUT2D eigenvalue weighted by molar-refractivity contribution is 5.86. The molecule has 0 atom stereocenters. The zero-order valence-electron chi connectivity index (χ0n) is 9.92. The molecule has 0 aliphatic rings. The van der Waals surface area contributed by atoms with Crippen LogP contribution in [0, 0.1) is 6.92 Å². The lowest BCUT2D eigenvalue weighted by Crippen LogP contribution is -2.05. The number of aromatic nitrogens is 2. The molecule has 5 nitrogen and oxygen atoms in total. The molecule has 0 saturated heterocycles. The Hall–Kier alpha value is -2.43. The molecule has 0 saturated carbocycles. The second kappa shape index (κ2) is 5.27. The van der Waals surface area contributed by atoms with Crippen molar-refractivity contribution in [2.75, 3.05) is 5.32 Å². The number of hydrogen-bond acceptors (Lipinski definition) is 4. The van der Waals surface area contributed by atoms with Crippen molar-refractivity contribution in [3.63, 3.8) is 0 Å². The smallest absolute Gasteiger partial charge is 0.338 e. The van der Waals surface area contributed by atoms with Crippen molar-refractivity contribution >= 4 is 11.9 Å². The molecule has 92 valence electrons. The summed E-state index contributed by atoms with van der Waals surface area (Å²) in [6.07, 6.45) is 2.57. The number of aryl methyl sites for hydroxylation is 1. The monoisotopic (exact) mass is 243 g/mol. The van der Waals surface area contributed by atoms with Crippen molar-refractivity contribution in [3.8, 4) is 0 Å². The fourth-order valence-corrected chi connectivity index (χ4v) is 1.42. The van der Waals surface area contributed by atoms with E-state index in [-0.39, 0.29) is 5.56 Å². The number of aromatic carboxylic acids is 1. The molecular weight excluding hydrogens is 230 g/mol. The molecule has 0 unspecified atom stereocenters. The normalized spacial score (nSPS) is 10.1. The van der Waals surface area contributed by atoms with E-state index in [2.05, 4.69) is 15.3 Å². The molecule has 18 heavy (non-hydrogen) atoms. The molecule has 1 heterocycles. The highest BCUT2D eigenvalue weighted by Gasteiger charge is 2.03. The molecule has 1 aromatic carbocycles. The van der Waals surface area contributed by atoms with E-state index in [1.807, 2.05) is 31.2 Å². The Morgan fingerprint density at radius 1 is 1.22 bits per heavy atom. The molecule has 0 spiro atoms. The van der Waals surface area contributed by atoms with Crippen LogP contribution >= 0.6 is 0 Å². The Kier molecular flexibility index (Phi) is 3.52. The van der Waals surface area contributed by atoms with E-state index in [0.717, 1.165) is 5.56 Å². The standard InChI is InChI=1S/C13H13N3O2/c1-9-2-4-10(5-3-9)6-14-13-15-7-11(8-16-13)12(17)18/h2-5,7-8H,6H2,1H3,(H,17,18)(H,14,15,16). The summed E-state index contributed by atoms with van der Waals surface area (Å²) in [5.41, 5.74) is 2.41. The lowest BCUT2D eigenvalue weighted by atomic mass is 10.1. The highest BCUT2D eigenvalue weighted by atomic mass is 16.4. The Labute approximate surface area is 105 Å². The summed E-state index contributed by atoms with van der Waals surface area (Å²) in [7, 11) is 0. The van der Waals surface area contributed by atoms with Crippen LogP contribution in [0.1, 0.15) is 21.5 Å². The number of rotatable bonds is 4. The number of anilines is 1. The van der Waals surface area contributed by atoms with E-state index in [1.54, 1.807) is 0 Å². The van der Waals surface area contributed by atoms with Gasteiger partial charge in [-0.15, -0.1) is 0 Å². The molecule has 0 aliphatic heterocycles. The first-order valence-corrected chi connectivity index (χ1v) is 5.50. The van der Waals surface area contributed by atoms with Gasteiger partial charge in [-0.05, 0) is 12.5 Å². The van der Waals surface area contributed by atoms with Crippen LogP contribution in [0.25, 0.3) is 0 Å². The first-order chi connectivity index (χ1) is 8.65. The quantitative estimate of drug-likeness (QED) is 0.860. The van der Waals surface area contributed by atoms with Crippen molar-refractivity contribution in [2.45, 2.75) is 13.5 Å². The van der Waals surface area contributed by atoms with E-state index in [4.69, 9.17) is 5.11 Å². The van der Waals surface area contributed by atoms with E-state index in [9.17, 15) is 4.79 Å². The average molecular weight is 243 g/mol. The van der Waals surface area contributed by atoms with Gasteiger partial charge in [-0.1, -0.05) is 29.8 Å². The van der Waals surface area contributed by atoms with Crippen molar-refractivity contribution in [2.24, 2.45) is 0 Å². The third-order valence-corrected chi connectivity index (χ3v) is 2.47. The number of carboxylic acids is 1. The van der Waals surface area contributed by atoms with Gasteiger partial charge in [0.25, 0.3) is 0 Å². The van der Waals surface area contributed by atoms with Gasteiger partial charge in [-0.2, -0.15) is 0 Å². The molecule has 0 radical (unpaired) electrons. The molecular formula is C13H13N3O2. The van der Waals surface area contributed by atoms with Gasteiger partial charge in [0.2, 0.25) is 5.95 Å². The van der Waals surface area contributed by atoms with Gasteiger partial charge in [0.15, 0.2) is 0 Å². The van der Waals surface area contributed by atoms with Crippen LogP contribution in [-0.4, -0.2) is 21.0 Å². The number of nitrogens with one attached hydrogen (secondary N) is 1. The maximum absolute atomic E-state index is 10.6. The Morgan fingerprint density at radius 2 is 1.83 bits per heavy atom. The number of carboxylic acid groups (broad SMARTS) is 1. The van der Waals surface area contributed by atoms with E-state index in [0.29, 0.717) is 12.5 Å². The minimum Gasteiger partial charge on any atom is -0.478 e. The fraction of sp³-hybridized carbons (Fsp3) is 0.154. The van der Waals surface area contributed by atoms with Crippen LogP contribution in [0.3, 0.4) is 0 Å². The minimum atomic E-state index is -1.03. The van der Waals surface area contributed by atoms with Crippen LogP contribution in [0.2, 0.25) is 0 Å². The number of carbonyl (C=O) groups is 1. The molecule has 0 fully saturated rings. The van der Waals surface area contributed by atoms with Gasteiger partial charge < -0.3 is 10.4 Å². The fourth-order valence-electron chi connectivity index (χ4n) is 1.42.